The number of methoxy groups -OCH3 is 1. The number of carbonyl (C=O) groups excluding carboxylic acids is 7. The minimum atomic E-state index is -1.91. The maximum atomic E-state index is 13.3. The van der Waals surface area contributed by atoms with Crippen molar-refractivity contribution in [3.05, 3.63) is 199 Å². The van der Waals surface area contributed by atoms with E-state index >= 15 is 0 Å². The van der Waals surface area contributed by atoms with Crippen molar-refractivity contribution in [3.8, 4) is 46.6 Å². The summed E-state index contributed by atoms with van der Waals surface area (Å²) in [5, 5.41) is 74.8. The van der Waals surface area contributed by atoms with E-state index in [2.05, 4.69) is 47.0 Å². The van der Waals surface area contributed by atoms with E-state index in [4.69, 9.17) is 65.5 Å². The monoisotopic (exact) mass is 1570 g/mol. The van der Waals surface area contributed by atoms with Crippen molar-refractivity contribution in [2.75, 3.05) is 37.4 Å². The van der Waals surface area contributed by atoms with Crippen LogP contribution < -0.4 is 30.6 Å². The van der Waals surface area contributed by atoms with Gasteiger partial charge in [0, 0.05) is 52.6 Å². The van der Waals surface area contributed by atoms with Gasteiger partial charge in [0.05, 0.1) is 47.7 Å². The quantitative estimate of drug-likeness (QED) is 0.00639. The van der Waals surface area contributed by atoms with Gasteiger partial charge in [-0.2, -0.15) is 19.9 Å². The van der Waals surface area contributed by atoms with Gasteiger partial charge in [-0.1, -0.05) is 122 Å². The number of para-hydroxylation sites is 1. The number of ketones is 1. The lowest BCUT2D eigenvalue weighted by Gasteiger charge is -2.23. The third-order valence-electron chi connectivity index (χ3n) is 16.1. The largest absolute Gasteiger partial charge is 0.506 e. The van der Waals surface area contributed by atoms with E-state index < -0.39 is 60.9 Å². The number of amides is 5. The fraction of sp³-hybridized carbons (Fsp3) is 0.233. The van der Waals surface area contributed by atoms with Gasteiger partial charge in [0.1, 0.15) is 67.5 Å². The Bertz CT molecular complexity index is 5480. The molecule has 1 unspecified atom stereocenters. The van der Waals surface area contributed by atoms with Gasteiger partial charge in [-0.25, -0.2) is 23.6 Å². The van der Waals surface area contributed by atoms with Crippen molar-refractivity contribution in [1.82, 2.24) is 69.6 Å². The minimum Gasteiger partial charge on any atom is -0.506 e. The van der Waals surface area contributed by atoms with Gasteiger partial charge in [-0.05, 0) is 166 Å². The second-order valence-electron chi connectivity index (χ2n) is 23.9. The number of hydrogen-bond donors (Lipinski definition) is 5. The van der Waals surface area contributed by atoms with E-state index in [-0.39, 0.29) is 86.1 Å². The molecule has 5 amide bonds. The van der Waals surface area contributed by atoms with E-state index in [0.717, 1.165) is 59.4 Å². The molecule has 0 bridgehead atoms. The Kier molecular flexibility index (Phi) is 27.9. The molecule has 3 aromatic heterocycles. The molecular formula is C73H70ClN19O14S3. The average molecular weight is 1570 g/mol. The molecule has 110 heavy (non-hydrogen) atoms. The number of aryl methyl sites for hydroxylation is 5. The molecule has 0 saturated carbocycles. The summed E-state index contributed by atoms with van der Waals surface area (Å²) >= 11 is 18.2. The fourth-order valence-corrected chi connectivity index (χ4v) is 11.6. The number of nitrogens with one attached hydrogen (secondary N) is 2. The van der Waals surface area contributed by atoms with E-state index in [0.29, 0.717) is 44.8 Å². The first-order valence-corrected chi connectivity index (χ1v) is 35.3. The normalized spacial score (nSPS) is 10.9. The maximum Gasteiger partial charge on any atom is 0.417 e. The summed E-state index contributed by atoms with van der Waals surface area (Å²) in [6.07, 6.45) is -2.38. The van der Waals surface area contributed by atoms with Crippen molar-refractivity contribution in [2.24, 2.45) is 19.8 Å². The lowest BCUT2D eigenvalue weighted by Crippen LogP contribution is -2.44. The molecule has 0 spiro atoms. The number of primary amides is 1. The summed E-state index contributed by atoms with van der Waals surface area (Å²) < 4.78 is 34.0. The van der Waals surface area contributed by atoms with Crippen molar-refractivity contribution < 1.29 is 67.5 Å². The summed E-state index contributed by atoms with van der Waals surface area (Å²) in [6, 6.07) is 44.1. The Labute approximate surface area is 646 Å². The molecule has 8 aromatic carbocycles. The number of aromatic nitrogens is 12. The lowest BCUT2D eigenvalue weighted by molar-refractivity contribution is -0.144. The van der Waals surface area contributed by atoms with Crippen molar-refractivity contribution in [3.63, 3.8) is 0 Å². The molecule has 33 nitrogen and oxygen atoms in total. The zero-order valence-electron chi connectivity index (χ0n) is 59.9. The second kappa shape index (κ2) is 37.9. The zero-order chi connectivity index (χ0) is 79.3. The number of halogens is 1. The number of benzene rings is 8. The molecule has 0 aliphatic rings. The van der Waals surface area contributed by atoms with Gasteiger partial charge in [0.2, 0.25) is 26.6 Å². The molecule has 6 N–H and O–H groups in total. The number of carbonyl (C=O) groups is 7. The number of aromatic hydroxyl groups is 2. The highest BCUT2D eigenvalue weighted by Gasteiger charge is 2.35. The van der Waals surface area contributed by atoms with E-state index in [1.165, 1.54) is 52.9 Å². The Morgan fingerprint density at radius 3 is 1.88 bits per heavy atom. The molecule has 0 saturated heterocycles. The lowest BCUT2D eigenvalue weighted by atomic mass is 10.0. The van der Waals surface area contributed by atoms with Gasteiger partial charge in [0.25, 0.3) is 17.7 Å². The molecule has 0 aliphatic heterocycles. The van der Waals surface area contributed by atoms with Crippen molar-refractivity contribution in [2.45, 2.75) is 77.4 Å². The van der Waals surface area contributed by atoms with Gasteiger partial charge < -0.3 is 50.3 Å². The number of Topliss-reactive ketones (excluding diaryl/α,β-unsaturated/α-hetero) is 1. The number of fused-ring (bicyclic) bond motifs is 2. The molecule has 566 valence electrons. The van der Waals surface area contributed by atoms with E-state index in [9.17, 15) is 54.3 Å². The summed E-state index contributed by atoms with van der Waals surface area (Å²) in [7, 11) is 4.82. The van der Waals surface area contributed by atoms with Crippen LogP contribution in [0.25, 0.3) is 21.5 Å². The number of nitrogens with zero attached hydrogens (tertiary/aromatic N) is 16. The van der Waals surface area contributed by atoms with Gasteiger partial charge >= 0.3 is 18.2 Å². The SMILES string of the molecule is CCCCOC(=O)Cn1nnn(CN(CC#N)C(=O)Oc2cc(C(=O)Nc3ccccc3C)c(O)c3ccccc23)c1=S.COc1ccc(C(=O)C(OC(=O)N(CC#N)Cn2nnn(C)c2=S)C(=O)Nc2cc(C)ccc2Cl)cc1.Cc1cc(CSc2nnnn2C)ccc1Oc1cc(C(N)=O)c(O)c2ccccc12. The van der Waals surface area contributed by atoms with Crippen molar-refractivity contribution in [1.29, 1.82) is 10.5 Å². The van der Waals surface area contributed by atoms with Gasteiger partial charge in [0.15, 0.2) is 0 Å². The van der Waals surface area contributed by atoms with Crippen LogP contribution in [0, 0.1) is 53.0 Å². The van der Waals surface area contributed by atoms with Gasteiger partial charge in [-0.15, -0.1) is 5.10 Å². The highest BCUT2D eigenvalue weighted by Crippen LogP contribution is 2.40. The van der Waals surface area contributed by atoms with Crippen LogP contribution >= 0.6 is 47.8 Å². The third kappa shape index (κ3) is 20.5. The van der Waals surface area contributed by atoms with Crippen molar-refractivity contribution >= 4 is 122 Å². The Hall–Kier alpha value is -13.2. The Balaban J connectivity index is 0.000000193. The number of unbranched alkanes of at least 4 members (excludes halogenated alkanes) is 1. The number of phenolic OH excluding ortho intramolecular Hbond substituents is 1. The fourth-order valence-electron chi connectivity index (χ4n) is 10.3. The molecule has 1 atom stereocenters. The molecule has 0 fully saturated rings. The number of thioether (sulfide) groups is 1. The third-order valence-corrected chi connectivity index (χ3v) is 18.4. The smallest absolute Gasteiger partial charge is 0.417 e. The predicted octanol–water partition coefficient (Wildman–Crippen LogP) is 11.2. The topological polar surface area (TPSA) is 425 Å². The minimum absolute atomic E-state index is 0.0154. The summed E-state index contributed by atoms with van der Waals surface area (Å²) in [4.78, 5) is 91.9. The first-order chi connectivity index (χ1) is 52.8. The number of nitriles is 2. The van der Waals surface area contributed by atoms with Crippen LogP contribution in [0.2, 0.25) is 5.02 Å². The molecule has 0 radical (unpaired) electrons. The first kappa shape index (κ1) is 80.9. The highest BCUT2D eigenvalue weighted by molar-refractivity contribution is 7.98. The van der Waals surface area contributed by atoms with E-state index in [1.54, 1.807) is 104 Å². The number of rotatable bonds is 26. The van der Waals surface area contributed by atoms with Crippen LogP contribution in [0.3, 0.4) is 0 Å². The molecule has 0 aliphatic carbocycles. The zero-order valence-corrected chi connectivity index (χ0v) is 63.1. The van der Waals surface area contributed by atoms with Gasteiger partial charge in [-0.3, -0.25) is 33.8 Å². The Morgan fingerprint density at radius 1 is 0.664 bits per heavy atom. The summed E-state index contributed by atoms with van der Waals surface area (Å²) in [5.41, 5.74) is 9.86. The van der Waals surface area contributed by atoms with Crippen LogP contribution in [0.5, 0.6) is 34.5 Å². The first-order valence-electron chi connectivity index (χ1n) is 33.1. The second-order valence-corrected chi connectivity index (χ2v) is 26.0. The standard InChI is InChI=1S/C29H29N7O6S.C23H22ClN7O5S.C21H19N5O3S/c1-3-4-15-41-25(37)17-35-28(43)36(33-32-35)18-34(14-13-30)29(40)42-24-16-22(26(38)21-11-7-6-10-20(21)24)27(39)31-23-12-8-5-9-19(23)2;1-14-4-9-17(24)18(12-14)26-21(33)20(19(32)15-5-7-16(35-3)8-6-15)36-23(34)30(11-10-25)13-31-22(37)29(2)27-28-31;1-12-9-13(11-30-21-23-24-25-26(21)2)7-8-17(12)29-18-10-16(20(22)28)19(27)15-6-4-3-5-14(15)18/h5-12,16,38H,3-4,14-15,17-18H2,1-2H3,(H,31,39);4-9,12,20H,11,13H2,1-3H3,(H,26,33);3-10,27H,11H2,1-2H3,(H2,22,28). The summed E-state index contributed by atoms with van der Waals surface area (Å²) in [6.45, 7) is 6.11. The molecule has 3 heterocycles. The molecular weight excluding hydrogens is 1500 g/mol. The molecule has 11 aromatic rings. The van der Waals surface area contributed by atoms with Crippen LogP contribution in [0.4, 0.5) is 21.0 Å². The number of esters is 1. The molecule has 11 rings (SSSR count). The summed E-state index contributed by atoms with van der Waals surface area (Å²) in [5.74, 6) is -1.75. The number of ether oxygens (including phenoxy) is 5. The number of anilines is 2. The van der Waals surface area contributed by atoms with E-state index in [1.807, 2.05) is 75.4 Å². The van der Waals surface area contributed by atoms with Crippen LogP contribution in [-0.2, 0) is 58.8 Å². The number of phenols is 2. The van der Waals surface area contributed by atoms with Crippen LogP contribution in [0.15, 0.2) is 151 Å². The molecule has 37 heteroatoms. The Morgan fingerprint density at radius 2 is 1.27 bits per heavy atom. The average Bonchev–Trinajstić information content (AvgIpc) is 0.955. The number of nitrogens with two attached hydrogens (primary N) is 1. The maximum absolute atomic E-state index is 13.3. The predicted molar refractivity (Wildman–Crippen MR) is 406 cm³/mol. The van der Waals surface area contributed by atoms with Crippen LogP contribution in [-0.4, -0.2) is 154 Å². The highest BCUT2D eigenvalue weighted by atomic mass is 35.5. The number of tetrazole rings is 3. The van der Waals surface area contributed by atoms with Crippen LogP contribution in [0.1, 0.15) is 73.1 Å². The number of hydrogen-bond acceptors (Lipinski definition) is 26.